The van der Waals surface area contributed by atoms with Gasteiger partial charge in [0.15, 0.2) is 17.3 Å². The van der Waals surface area contributed by atoms with Crippen molar-refractivity contribution < 1.29 is 47.9 Å². The number of para-hydroxylation sites is 2. The van der Waals surface area contributed by atoms with Crippen molar-refractivity contribution in [2.24, 2.45) is 17.8 Å². The molecule has 5 aliphatic rings. The molecular weight excluding hydrogens is 728 g/mol. The SMILES string of the molecule is C=C(C)[C@]12C[C@@H](C)[C@@]34O[C@](Cc5ccccc5)(O[C@@H]1[C@@H]3C=C(COC(=O)Cc1ccc(OC(=O)N(C)c3ccccc3N)c(OC)c1)C[C@]1(O)C(=O)C(C)=C[C@@H]41)O2. The highest BCUT2D eigenvalue weighted by atomic mass is 16.9. The van der Waals surface area contributed by atoms with Gasteiger partial charge in [-0.15, -0.1) is 0 Å². The number of rotatable bonds is 10. The van der Waals surface area contributed by atoms with Gasteiger partial charge in [-0.25, -0.2) is 4.79 Å². The number of carbonyl (C=O) groups is 3. The lowest BCUT2D eigenvalue weighted by molar-refractivity contribution is -0.421. The molecule has 298 valence electrons. The molecule has 2 saturated heterocycles. The average Bonchev–Trinajstić information content (AvgIpc) is 3.49. The quantitative estimate of drug-likeness (QED) is 0.136. The summed E-state index contributed by atoms with van der Waals surface area (Å²) in [5, 5.41) is 12.5. The van der Waals surface area contributed by atoms with Gasteiger partial charge >= 0.3 is 12.1 Å². The average molecular weight is 777 g/mol. The van der Waals surface area contributed by atoms with E-state index in [2.05, 4.69) is 13.5 Å². The first-order valence-electron chi connectivity index (χ1n) is 19.2. The molecule has 3 aromatic carbocycles. The van der Waals surface area contributed by atoms with Crippen LogP contribution in [-0.4, -0.2) is 72.6 Å². The number of amides is 1. The van der Waals surface area contributed by atoms with Crippen LogP contribution >= 0.6 is 0 Å². The Labute approximate surface area is 331 Å². The third kappa shape index (κ3) is 6.17. The fourth-order valence-corrected chi connectivity index (χ4v) is 9.84. The number of esters is 1. The molecule has 8 rings (SSSR count). The largest absolute Gasteiger partial charge is 0.493 e. The lowest BCUT2D eigenvalue weighted by Gasteiger charge is -2.59. The fraction of sp³-hybridized carbons (Fsp3) is 0.400. The minimum atomic E-state index is -1.85. The topological polar surface area (TPSA) is 156 Å². The van der Waals surface area contributed by atoms with Crippen molar-refractivity contribution in [1.82, 2.24) is 0 Å². The monoisotopic (exact) mass is 776 g/mol. The van der Waals surface area contributed by atoms with Crippen molar-refractivity contribution in [3.05, 3.63) is 119 Å². The number of fused-ring (bicyclic) bond motifs is 2. The van der Waals surface area contributed by atoms with E-state index >= 15 is 0 Å². The Kier molecular flexibility index (Phi) is 9.47. The number of ketones is 1. The van der Waals surface area contributed by atoms with Gasteiger partial charge in [0.2, 0.25) is 0 Å². The maximum absolute atomic E-state index is 14.0. The predicted octanol–water partition coefficient (Wildman–Crippen LogP) is 6.26. The lowest BCUT2D eigenvalue weighted by Crippen LogP contribution is -2.70. The summed E-state index contributed by atoms with van der Waals surface area (Å²) in [6, 6.07) is 21.5. The highest BCUT2D eigenvalue weighted by Crippen LogP contribution is 2.68. The van der Waals surface area contributed by atoms with Crippen LogP contribution in [0.1, 0.15) is 44.7 Å². The normalized spacial score (nSPS) is 32.0. The maximum atomic E-state index is 14.0. The number of nitrogen functional groups attached to an aromatic ring is 1. The minimum absolute atomic E-state index is 0.0533. The molecule has 57 heavy (non-hydrogen) atoms. The zero-order chi connectivity index (χ0) is 40.5. The van der Waals surface area contributed by atoms with Crippen molar-refractivity contribution in [1.29, 1.82) is 0 Å². The third-order valence-electron chi connectivity index (χ3n) is 12.5. The van der Waals surface area contributed by atoms with Crippen LogP contribution in [0.5, 0.6) is 11.5 Å². The summed E-state index contributed by atoms with van der Waals surface area (Å²) >= 11 is 0. The van der Waals surface area contributed by atoms with E-state index in [0.29, 0.717) is 40.9 Å². The van der Waals surface area contributed by atoms with Crippen molar-refractivity contribution in [3.63, 3.8) is 0 Å². The highest BCUT2D eigenvalue weighted by Gasteiger charge is 2.79. The molecule has 8 atom stereocenters. The molecular formula is C45H48N2O10. The number of ether oxygens (including phenoxy) is 6. The summed E-state index contributed by atoms with van der Waals surface area (Å²) in [7, 11) is 2.98. The molecule has 2 heterocycles. The first kappa shape index (κ1) is 38.6. The molecule has 3 fully saturated rings. The standard InChI is InChI=1S/C45H48N2O10/c1-26(2)43-22-28(4)45-32(40(43)55-44(56-43,57-45)24-29-12-8-7-9-13-29)19-31(23-42(51)37(45)18-27(3)39(42)49)25-53-38(48)21-30-16-17-35(36(20-30)52-6)54-41(50)47(5)34-15-11-10-14-33(34)46/h7-20,28,32,37,40,51H,1,21-25,46H2,2-6H3/t28-,32+,37-,40-,42-,43-,44-,45-/m1/s1. The summed E-state index contributed by atoms with van der Waals surface area (Å²) in [5.74, 6) is -3.42. The summed E-state index contributed by atoms with van der Waals surface area (Å²) in [4.78, 5) is 41.6. The number of nitrogens with zero attached hydrogens (tertiary/aromatic N) is 1. The third-order valence-corrected chi connectivity index (χ3v) is 12.5. The maximum Gasteiger partial charge on any atom is 0.419 e. The second-order valence-corrected chi connectivity index (χ2v) is 16.1. The number of aliphatic hydroxyl groups is 1. The fourth-order valence-electron chi connectivity index (χ4n) is 9.84. The van der Waals surface area contributed by atoms with Gasteiger partial charge in [0.25, 0.3) is 5.97 Å². The van der Waals surface area contributed by atoms with Crippen LogP contribution < -0.4 is 20.1 Å². The van der Waals surface area contributed by atoms with Crippen molar-refractivity contribution in [2.45, 2.75) is 75.3 Å². The lowest BCUT2D eigenvalue weighted by atomic mass is 9.55. The van der Waals surface area contributed by atoms with E-state index in [1.165, 1.54) is 12.0 Å². The number of methoxy groups -OCH3 is 1. The Morgan fingerprint density at radius 2 is 1.75 bits per heavy atom. The summed E-state index contributed by atoms with van der Waals surface area (Å²) in [6.07, 6.45) is 3.24. The Morgan fingerprint density at radius 1 is 1.02 bits per heavy atom. The molecule has 0 unspecified atom stereocenters. The van der Waals surface area contributed by atoms with E-state index in [-0.39, 0.29) is 42.6 Å². The van der Waals surface area contributed by atoms with E-state index in [4.69, 9.17) is 34.2 Å². The Bertz CT molecular complexity index is 2220. The van der Waals surface area contributed by atoms with Gasteiger partial charge in [-0.05, 0) is 78.3 Å². The van der Waals surface area contributed by atoms with Crippen LogP contribution in [0.15, 0.2) is 108 Å². The van der Waals surface area contributed by atoms with Crippen molar-refractivity contribution in [3.8, 4) is 11.5 Å². The Balaban J connectivity index is 1.05. The molecule has 1 saturated carbocycles. The number of hydrogen-bond donors (Lipinski definition) is 2. The van der Waals surface area contributed by atoms with Crippen LogP contribution in [0.25, 0.3) is 0 Å². The summed E-state index contributed by atoms with van der Waals surface area (Å²) in [6.45, 7) is 9.93. The molecule has 2 aliphatic heterocycles. The first-order chi connectivity index (χ1) is 27.1. The van der Waals surface area contributed by atoms with Gasteiger partial charge in [0.05, 0.1) is 36.9 Å². The predicted molar refractivity (Wildman–Crippen MR) is 210 cm³/mol. The number of benzene rings is 3. The van der Waals surface area contributed by atoms with Gasteiger partial charge in [0, 0.05) is 25.3 Å². The number of carbonyl (C=O) groups excluding carboxylic acids is 3. The zero-order valence-electron chi connectivity index (χ0n) is 32.8. The van der Waals surface area contributed by atoms with Gasteiger partial charge in [-0.3, -0.25) is 14.5 Å². The highest BCUT2D eigenvalue weighted by molar-refractivity contribution is 6.05. The van der Waals surface area contributed by atoms with Gasteiger partial charge < -0.3 is 39.3 Å². The minimum Gasteiger partial charge on any atom is -0.493 e. The molecule has 0 aromatic heterocycles. The smallest absolute Gasteiger partial charge is 0.419 e. The first-order valence-corrected chi connectivity index (χ1v) is 19.2. The van der Waals surface area contributed by atoms with E-state index in [9.17, 15) is 19.5 Å². The van der Waals surface area contributed by atoms with E-state index in [1.54, 1.807) is 56.4 Å². The van der Waals surface area contributed by atoms with Crippen LogP contribution in [0.2, 0.25) is 0 Å². The van der Waals surface area contributed by atoms with E-state index in [1.807, 2.05) is 49.4 Å². The second kappa shape index (κ2) is 14.0. The molecule has 3 bridgehead atoms. The summed E-state index contributed by atoms with van der Waals surface area (Å²) in [5.41, 5.74) is 6.43. The molecule has 3 N–H and O–H groups in total. The Hall–Kier alpha value is -5.27. The molecule has 3 aromatic rings. The van der Waals surface area contributed by atoms with Crippen LogP contribution in [0.3, 0.4) is 0 Å². The van der Waals surface area contributed by atoms with Crippen LogP contribution in [-0.2, 0) is 41.4 Å². The van der Waals surface area contributed by atoms with Gasteiger partial charge in [-0.1, -0.05) is 74.2 Å². The molecule has 1 amide bonds. The number of anilines is 2. The molecule has 12 nitrogen and oxygen atoms in total. The van der Waals surface area contributed by atoms with Crippen molar-refractivity contribution >= 4 is 29.2 Å². The summed E-state index contributed by atoms with van der Waals surface area (Å²) < 4.78 is 38.0. The van der Waals surface area contributed by atoms with Gasteiger partial charge in [0.1, 0.15) is 23.9 Å². The number of hydrogen-bond acceptors (Lipinski definition) is 11. The molecule has 0 radical (unpaired) electrons. The van der Waals surface area contributed by atoms with Crippen molar-refractivity contribution in [2.75, 3.05) is 31.4 Å². The van der Waals surface area contributed by atoms with E-state index < -0.39 is 52.8 Å². The van der Waals surface area contributed by atoms with Crippen LogP contribution in [0.4, 0.5) is 16.2 Å². The zero-order valence-corrected chi connectivity index (χ0v) is 32.8. The van der Waals surface area contributed by atoms with Crippen LogP contribution in [0, 0.1) is 17.8 Å². The molecule has 12 heteroatoms. The molecule has 3 aliphatic carbocycles. The second-order valence-electron chi connectivity index (χ2n) is 16.1. The number of Topliss-reactive ketones (excluding diaryl/α,β-unsaturated/α-hetero) is 1. The van der Waals surface area contributed by atoms with Gasteiger partial charge in [-0.2, -0.15) is 0 Å². The number of nitrogens with two attached hydrogens (primary N) is 1. The Morgan fingerprint density at radius 3 is 2.47 bits per heavy atom. The molecule has 0 spiro atoms. The van der Waals surface area contributed by atoms with E-state index in [0.717, 1.165) is 11.1 Å².